The second kappa shape index (κ2) is 14.4. The summed E-state index contributed by atoms with van der Waals surface area (Å²) in [5, 5.41) is 2.22. The Morgan fingerprint density at radius 2 is 1.00 bits per heavy atom. The molecule has 1 aromatic heterocycles. The van der Waals surface area contributed by atoms with Gasteiger partial charge in [-0.3, -0.25) is 9.98 Å². The van der Waals surface area contributed by atoms with Crippen LogP contribution in [-0.2, 0) is 0 Å². The molecule has 7 rings (SSSR count). The minimum absolute atomic E-state index is 0.579. The lowest BCUT2D eigenvalue weighted by molar-refractivity contribution is 0.456. The van der Waals surface area contributed by atoms with Gasteiger partial charge < -0.3 is 4.42 Å². The van der Waals surface area contributed by atoms with Crippen molar-refractivity contribution >= 4 is 45.7 Å². The number of nitrogens with zero attached hydrogens (tertiary/aromatic N) is 2. The van der Waals surface area contributed by atoms with Gasteiger partial charge in [0.2, 0.25) is 0 Å². The summed E-state index contributed by atoms with van der Waals surface area (Å²) in [6.07, 6.45) is 22.6. The number of rotatable bonds is 6. The molecule has 0 aliphatic heterocycles. The molecule has 3 heteroatoms. The normalized spacial score (nSPS) is 18.0. The summed E-state index contributed by atoms with van der Waals surface area (Å²) in [5.74, 6) is 1.17. The summed E-state index contributed by atoms with van der Waals surface area (Å²) in [6.45, 7) is 0. The predicted octanol–water partition coefficient (Wildman–Crippen LogP) is 12.7. The van der Waals surface area contributed by atoms with E-state index in [1.54, 1.807) is 0 Å². The molecule has 2 saturated carbocycles. The maximum Gasteiger partial charge on any atom is 0.136 e. The van der Waals surface area contributed by atoms with Gasteiger partial charge in [-0.25, -0.2) is 0 Å². The predicted molar refractivity (Wildman–Crippen MR) is 191 cm³/mol. The molecule has 5 aromatic rings. The summed E-state index contributed by atoms with van der Waals surface area (Å²) in [6, 6.07) is 30.2. The molecule has 0 amide bonds. The van der Waals surface area contributed by atoms with E-state index in [2.05, 4.69) is 91.3 Å². The minimum atomic E-state index is 0.579. The quantitative estimate of drug-likeness (QED) is 0.180. The third-order valence-corrected chi connectivity index (χ3v) is 10.3. The highest BCUT2D eigenvalue weighted by Gasteiger charge is 2.19. The Morgan fingerprint density at radius 1 is 0.489 bits per heavy atom. The van der Waals surface area contributed by atoms with E-state index in [-0.39, 0.29) is 0 Å². The Hall–Kier alpha value is -3.98. The fourth-order valence-electron chi connectivity index (χ4n) is 7.82. The van der Waals surface area contributed by atoms with Crippen LogP contribution in [0.2, 0.25) is 0 Å². The maximum atomic E-state index is 6.32. The van der Waals surface area contributed by atoms with Gasteiger partial charge in [0.15, 0.2) is 0 Å². The highest BCUT2D eigenvalue weighted by Crippen LogP contribution is 2.38. The Balaban J connectivity index is 1.29. The number of hydrogen-bond donors (Lipinski definition) is 0. The van der Waals surface area contributed by atoms with E-state index >= 15 is 0 Å². The molecular formula is C42H46N2O. The molecular weight excluding hydrogens is 548 g/mol. The van der Waals surface area contributed by atoms with Crippen LogP contribution in [0.5, 0.6) is 0 Å². The van der Waals surface area contributed by atoms with Crippen LogP contribution in [0.25, 0.3) is 21.9 Å². The van der Waals surface area contributed by atoms with E-state index in [1.165, 1.54) is 101 Å². The van der Waals surface area contributed by atoms with Crippen molar-refractivity contribution in [2.45, 2.75) is 102 Å². The Kier molecular flexibility index (Phi) is 9.52. The van der Waals surface area contributed by atoms with E-state index in [0.29, 0.717) is 11.8 Å². The zero-order chi connectivity index (χ0) is 30.3. The molecule has 1 heterocycles. The molecule has 0 unspecified atom stereocenters. The van der Waals surface area contributed by atoms with Crippen molar-refractivity contribution in [3.8, 4) is 0 Å². The van der Waals surface area contributed by atoms with Crippen LogP contribution in [0.4, 0.5) is 11.4 Å². The first-order chi connectivity index (χ1) is 22.3. The lowest BCUT2D eigenvalue weighted by Gasteiger charge is -2.21. The van der Waals surface area contributed by atoms with Gasteiger partial charge in [-0.2, -0.15) is 0 Å². The van der Waals surface area contributed by atoms with E-state index in [0.717, 1.165) is 44.4 Å². The van der Waals surface area contributed by atoms with Crippen molar-refractivity contribution in [1.82, 2.24) is 0 Å². The molecule has 230 valence electrons. The van der Waals surface area contributed by atoms with Crippen LogP contribution in [0.1, 0.15) is 124 Å². The molecule has 2 aliphatic rings. The number of fused-ring (bicyclic) bond motifs is 3. The zero-order valence-corrected chi connectivity index (χ0v) is 26.6. The van der Waals surface area contributed by atoms with Crippen LogP contribution >= 0.6 is 0 Å². The second-order valence-electron chi connectivity index (χ2n) is 13.3. The average molecular weight is 595 g/mol. The van der Waals surface area contributed by atoms with Gasteiger partial charge in [-0.15, -0.1) is 0 Å². The molecule has 0 N–H and O–H groups in total. The Labute approximate surface area is 268 Å². The third-order valence-electron chi connectivity index (χ3n) is 10.3. The van der Waals surface area contributed by atoms with E-state index in [9.17, 15) is 0 Å². The maximum absolute atomic E-state index is 6.32. The van der Waals surface area contributed by atoms with Gasteiger partial charge in [0, 0.05) is 34.3 Å². The minimum Gasteiger partial charge on any atom is -0.456 e. The second-order valence-corrected chi connectivity index (χ2v) is 13.3. The van der Waals surface area contributed by atoms with Crippen LogP contribution in [0, 0.1) is 0 Å². The average Bonchev–Trinajstić information content (AvgIpc) is 3.42. The number of para-hydroxylation sites is 3. The first kappa shape index (κ1) is 29.7. The Bertz CT molecular complexity index is 1780. The van der Waals surface area contributed by atoms with Gasteiger partial charge in [-0.05, 0) is 79.0 Å². The summed E-state index contributed by atoms with van der Waals surface area (Å²) in [7, 11) is 0. The van der Waals surface area contributed by atoms with E-state index in [4.69, 9.17) is 14.4 Å². The monoisotopic (exact) mass is 594 g/mol. The van der Waals surface area contributed by atoms with Crippen molar-refractivity contribution in [1.29, 1.82) is 0 Å². The summed E-state index contributed by atoms with van der Waals surface area (Å²) in [4.78, 5) is 10.4. The van der Waals surface area contributed by atoms with Crippen molar-refractivity contribution in [3.63, 3.8) is 0 Å². The van der Waals surface area contributed by atoms with E-state index < -0.39 is 0 Å². The number of hydrogen-bond acceptors (Lipinski definition) is 3. The van der Waals surface area contributed by atoms with Gasteiger partial charge in [0.25, 0.3) is 0 Å². The van der Waals surface area contributed by atoms with Crippen molar-refractivity contribution in [3.05, 3.63) is 107 Å². The molecule has 0 atom stereocenters. The zero-order valence-electron chi connectivity index (χ0n) is 26.6. The largest absolute Gasteiger partial charge is 0.456 e. The molecule has 45 heavy (non-hydrogen) atoms. The lowest BCUT2D eigenvalue weighted by Crippen LogP contribution is -2.03. The van der Waals surface area contributed by atoms with Crippen molar-refractivity contribution in [2.75, 3.05) is 0 Å². The van der Waals surface area contributed by atoms with Crippen molar-refractivity contribution < 1.29 is 4.42 Å². The lowest BCUT2D eigenvalue weighted by atomic mass is 9.85. The van der Waals surface area contributed by atoms with Crippen LogP contribution in [0.3, 0.4) is 0 Å². The first-order valence-electron chi connectivity index (χ1n) is 17.6. The third kappa shape index (κ3) is 6.83. The van der Waals surface area contributed by atoms with Gasteiger partial charge >= 0.3 is 0 Å². The topological polar surface area (TPSA) is 37.9 Å². The first-order valence-corrected chi connectivity index (χ1v) is 17.6. The molecule has 2 aliphatic carbocycles. The van der Waals surface area contributed by atoms with Crippen LogP contribution in [0.15, 0.2) is 99.3 Å². The molecule has 0 saturated heterocycles. The SMILES string of the molecule is C(=Nc1ccccc1C1CCCCCCC1)c1ccc2oc3ccccc3c2c1C=Nc1ccccc1C1CCCCCCC1. The van der Waals surface area contributed by atoms with E-state index in [1.807, 2.05) is 6.07 Å². The fourth-order valence-corrected chi connectivity index (χ4v) is 7.82. The summed E-state index contributed by atoms with van der Waals surface area (Å²) >= 11 is 0. The molecule has 2 fully saturated rings. The van der Waals surface area contributed by atoms with Crippen molar-refractivity contribution in [2.24, 2.45) is 9.98 Å². The number of aliphatic imine (C=N–C) groups is 2. The summed E-state index contributed by atoms with van der Waals surface area (Å²) in [5.41, 5.74) is 8.89. The highest BCUT2D eigenvalue weighted by molar-refractivity contribution is 6.16. The number of furan rings is 1. The molecule has 4 aromatic carbocycles. The molecule has 0 bridgehead atoms. The number of benzene rings is 4. The standard InChI is InChI=1S/C42H46N2O/c1-3-7-17-31(18-8-4-1)34-21-11-14-24-38(34)43-29-33-27-28-41-42(36-23-13-16-26-40(36)45-41)37(33)30-44-39-25-15-12-22-35(39)32-19-9-5-2-6-10-20-32/h11-16,21-32H,1-10,17-20H2. The summed E-state index contributed by atoms with van der Waals surface area (Å²) < 4.78 is 6.32. The molecule has 3 nitrogen and oxygen atoms in total. The van der Waals surface area contributed by atoms with Gasteiger partial charge in [-0.1, -0.05) is 119 Å². The van der Waals surface area contributed by atoms with Gasteiger partial charge in [0.05, 0.1) is 11.4 Å². The highest BCUT2D eigenvalue weighted by atomic mass is 16.3. The smallest absolute Gasteiger partial charge is 0.136 e. The van der Waals surface area contributed by atoms with Crippen LogP contribution in [-0.4, -0.2) is 12.4 Å². The Morgan fingerprint density at radius 3 is 1.62 bits per heavy atom. The van der Waals surface area contributed by atoms with Gasteiger partial charge in [0.1, 0.15) is 11.2 Å². The fraction of sp³-hybridized carbons (Fsp3) is 0.381. The molecule has 0 spiro atoms. The van der Waals surface area contributed by atoms with Crippen LogP contribution < -0.4 is 0 Å². The molecule has 0 radical (unpaired) electrons.